The Bertz CT molecular complexity index is 314. The summed E-state index contributed by atoms with van der Waals surface area (Å²) in [6.07, 6.45) is 0.759. The maximum atomic E-state index is 5.79. The molecular weight excluding hydrogens is 180 g/mol. The van der Waals surface area contributed by atoms with Crippen molar-refractivity contribution in [2.24, 2.45) is 0 Å². The van der Waals surface area contributed by atoms with E-state index in [0.717, 1.165) is 18.8 Å². The van der Waals surface area contributed by atoms with Crippen LogP contribution in [0.25, 0.3) is 0 Å². The van der Waals surface area contributed by atoms with Crippen LogP contribution in [0.4, 0.5) is 11.5 Å². The van der Waals surface area contributed by atoms with Gasteiger partial charge < -0.3 is 15.8 Å². The fraction of sp³-hybridized carbons (Fsp3) is 0.556. The summed E-state index contributed by atoms with van der Waals surface area (Å²) in [6.45, 7) is 4.74. The third kappa shape index (κ3) is 2.04. The van der Waals surface area contributed by atoms with E-state index in [1.807, 2.05) is 13.8 Å². The molecule has 14 heavy (non-hydrogen) atoms. The first kappa shape index (κ1) is 10.6. The average Bonchev–Trinajstić information content (AvgIpc) is 2.21. The Morgan fingerprint density at radius 1 is 1.36 bits per heavy atom. The highest BCUT2D eigenvalue weighted by atomic mass is 16.5. The van der Waals surface area contributed by atoms with Gasteiger partial charge in [0, 0.05) is 13.0 Å². The number of hydrogen-bond acceptors (Lipinski definition) is 5. The standard InChI is InChI=1S/C9H16N4O/c1-4-6-12-8(11-5-2)7(10)9(13-6)14-3/h4-5,10H2,1-3H3,(H,11,12,13). The van der Waals surface area contributed by atoms with Crippen molar-refractivity contribution in [3.05, 3.63) is 5.82 Å². The zero-order valence-electron chi connectivity index (χ0n) is 8.79. The third-order valence-corrected chi connectivity index (χ3v) is 1.81. The molecule has 0 saturated carbocycles. The summed E-state index contributed by atoms with van der Waals surface area (Å²) in [4.78, 5) is 8.42. The Hall–Kier alpha value is -1.52. The van der Waals surface area contributed by atoms with E-state index < -0.39 is 0 Å². The van der Waals surface area contributed by atoms with E-state index in [2.05, 4.69) is 15.3 Å². The number of methoxy groups -OCH3 is 1. The Kier molecular flexibility index (Phi) is 3.50. The van der Waals surface area contributed by atoms with Crippen LogP contribution in [0.1, 0.15) is 19.7 Å². The summed E-state index contributed by atoms with van der Waals surface area (Å²) in [5.41, 5.74) is 6.26. The molecule has 1 aromatic rings. The van der Waals surface area contributed by atoms with Crippen molar-refractivity contribution in [1.82, 2.24) is 9.97 Å². The first-order valence-electron chi connectivity index (χ1n) is 4.67. The summed E-state index contributed by atoms with van der Waals surface area (Å²) in [5.74, 6) is 1.82. The van der Waals surface area contributed by atoms with Crippen LogP contribution in [-0.4, -0.2) is 23.6 Å². The van der Waals surface area contributed by atoms with Crippen molar-refractivity contribution in [2.75, 3.05) is 24.7 Å². The highest BCUT2D eigenvalue weighted by Gasteiger charge is 2.10. The molecule has 0 atom stereocenters. The van der Waals surface area contributed by atoms with Gasteiger partial charge >= 0.3 is 0 Å². The molecule has 1 heterocycles. The Morgan fingerprint density at radius 2 is 2.07 bits per heavy atom. The number of aromatic nitrogens is 2. The van der Waals surface area contributed by atoms with E-state index in [4.69, 9.17) is 10.5 Å². The molecule has 3 N–H and O–H groups in total. The lowest BCUT2D eigenvalue weighted by Gasteiger charge is -2.10. The maximum absolute atomic E-state index is 5.79. The molecule has 0 amide bonds. The molecular formula is C9H16N4O. The van der Waals surface area contributed by atoms with Gasteiger partial charge in [0.2, 0.25) is 5.88 Å². The molecule has 1 aromatic heterocycles. The van der Waals surface area contributed by atoms with Crippen LogP contribution >= 0.6 is 0 Å². The van der Waals surface area contributed by atoms with Crippen LogP contribution in [0, 0.1) is 0 Å². The number of aryl methyl sites for hydroxylation is 1. The van der Waals surface area contributed by atoms with Gasteiger partial charge in [0.1, 0.15) is 11.5 Å². The molecule has 5 nitrogen and oxygen atoms in total. The molecule has 0 aliphatic heterocycles. The molecule has 0 bridgehead atoms. The maximum Gasteiger partial charge on any atom is 0.242 e. The number of rotatable bonds is 4. The van der Waals surface area contributed by atoms with Crippen molar-refractivity contribution in [2.45, 2.75) is 20.3 Å². The van der Waals surface area contributed by atoms with Crippen LogP contribution in [0.2, 0.25) is 0 Å². The van der Waals surface area contributed by atoms with Gasteiger partial charge in [-0.15, -0.1) is 0 Å². The van der Waals surface area contributed by atoms with E-state index in [0.29, 0.717) is 17.4 Å². The molecule has 1 rings (SSSR count). The zero-order chi connectivity index (χ0) is 10.6. The number of nitrogen functional groups attached to an aromatic ring is 1. The van der Waals surface area contributed by atoms with Crippen LogP contribution in [0.3, 0.4) is 0 Å². The molecule has 5 heteroatoms. The summed E-state index contributed by atoms with van der Waals surface area (Å²) in [7, 11) is 1.55. The fourth-order valence-electron chi connectivity index (χ4n) is 1.11. The fourth-order valence-corrected chi connectivity index (χ4v) is 1.11. The minimum Gasteiger partial charge on any atom is -0.479 e. The van der Waals surface area contributed by atoms with Gasteiger partial charge in [-0.3, -0.25) is 0 Å². The monoisotopic (exact) mass is 196 g/mol. The molecule has 0 spiro atoms. The third-order valence-electron chi connectivity index (χ3n) is 1.81. The topological polar surface area (TPSA) is 73.1 Å². The predicted octanol–water partition coefficient (Wildman–Crippen LogP) is 1.06. The Morgan fingerprint density at radius 3 is 2.57 bits per heavy atom. The van der Waals surface area contributed by atoms with Gasteiger partial charge in [-0.25, -0.2) is 4.98 Å². The average molecular weight is 196 g/mol. The molecule has 0 aromatic carbocycles. The number of nitrogens with zero attached hydrogens (tertiary/aromatic N) is 2. The minimum absolute atomic E-state index is 0.438. The lowest BCUT2D eigenvalue weighted by Crippen LogP contribution is -2.09. The second kappa shape index (κ2) is 4.64. The SMILES string of the molecule is CCNc1nc(CC)nc(OC)c1N. The molecule has 0 unspecified atom stereocenters. The van der Waals surface area contributed by atoms with E-state index in [-0.39, 0.29) is 0 Å². The molecule has 0 aliphatic rings. The first-order chi connectivity index (χ1) is 6.72. The molecule has 0 aliphatic carbocycles. The second-order valence-electron chi connectivity index (χ2n) is 2.80. The normalized spacial score (nSPS) is 9.93. The van der Waals surface area contributed by atoms with E-state index in [9.17, 15) is 0 Å². The Labute approximate surface area is 83.7 Å². The number of nitrogens with one attached hydrogen (secondary N) is 1. The Balaban J connectivity index is 3.12. The van der Waals surface area contributed by atoms with Gasteiger partial charge in [0.15, 0.2) is 5.82 Å². The van der Waals surface area contributed by atoms with Gasteiger partial charge in [-0.05, 0) is 6.92 Å². The zero-order valence-corrected chi connectivity index (χ0v) is 8.79. The van der Waals surface area contributed by atoms with Crippen LogP contribution < -0.4 is 15.8 Å². The first-order valence-corrected chi connectivity index (χ1v) is 4.67. The highest BCUT2D eigenvalue weighted by Crippen LogP contribution is 2.25. The van der Waals surface area contributed by atoms with Gasteiger partial charge in [-0.1, -0.05) is 6.92 Å². The van der Waals surface area contributed by atoms with Gasteiger partial charge in [0.25, 0.3) is 0 Å². The van der Waals surface area contributed by atoms with E-state index in [1.54, 1.807) is 7.11 Å². The summed E-state index contributed by atoms with van der Waals surface area (Å²) in [6, 6.07) is 0. The van der Waals surface area contributed by atoms with Gasteiger partial charge in [0.05, 0.1) is 7.11 Å². The largest absolute Gasteiger partial charge is 0.479 e. The minimum atomic E-state index is 0.438. The van der Waals surface area contributed by atoms with Crippen LogP contribution in [0.5, 0.6) is 5.88 Å². The van der Waals surface area contributed by atoms with Crippen molar-refractivity contribution in [1.29, 1.82) is 0 Å². The van der Waals surface area contributed by atoms with Crippen LogP contribution in [0.15, 0.2) is 0 Å². The van der Waals surface area contributed by atoms with Crippen molar-refractivity contribution in [3.8, 4) is 5.88 Å². The van der Waals surface area contributed by atoms with E-state index >= 15 is 0 Å². The lowest BCUT2D eigenvalue weighted by molar-refractivity contribution is 0.397. The lowest BCUT2D eigenvalue weighted by atomic mass is 10.4. The number of anilines is 2. The molecule has 0 fully saturated rings. The van der Waals surface area contributed by atoms with E-state index in [1.165, 1.54) is 0 Å². The quantitative estimate of drug-likeness (QED) is 0.753. The summed E-state index contributed by atoms with van der Waals surface area (Å²) >= 11 is 0. The molecule has 0 saturated heterocycles. The second-order valence-corrected chi connectivity index (χ2v) is 2.80. The van der Waals surface area contributed by atoms with Gasteiger partial charge in [-0.2, -0.15) is 4.98 Å². The van der Waals surface area contributed by atoms with Crippen LogP contribution in [-0.2, 0) is 6.42 Å². The van der Waals surface area contributed by atoms with Crippen molar-refractivity contribution >= 4 is 11.5 Å². The smallest absolute Gasteiger partial charge is 0.242 e. The van der Waals surface area contributed by atoms with Crippen molar-refractivity contribution < 1.29 is 4.74 Å². The number of hydrogen-bond donors (Lipinski definition) is 2. The molecule has 78 valence electrons. The number of nitrogens with two attached hydrogens (primary N) is 1. The number of ether oxygens (including phenoxy) is 1. The summed E-state index contributed by atoms with van der Waals surface area (Å²) in [5, 5.41) is 3.07. The highest BCUT2D eigenvalue weighted by molar-refractivity contribution is 5.66. The van der Waals surface area contributed by atoms with Crippen molar-refractivity contribution in [3.63, 3.8) is 0 Å². The molecule has 0 radical (unpaired) electrons. The predicted molar refractivity (Wildman–Crippen MR) is 56.5 cm³/mol. The summed E-state index contributed by atoms with van der Waals surface area (Å²) < 4.78 is 5.06.